The number of hydrogen-bond acceptors (Lipinski definition) is 3. The van der Waals surface area contributed by atoms with E-state index in [2.05, 4.69) is 15.3 Å². The van der Waals surface area contributed by atoms with Gasteiger partial charge in [0, 0.05) is 12.2 Å². The molecule has 0 atom stereocenters. The van der Waals surface area contributed by atoms with Gasteiger partial charge in [-0.2, -0.15) is 0 Å². The van der Waals surface area contributed by atoms with Crippen LogP contribution in [0.1, 0.15) is 38.1 Å². The van der Waals surface area contributed by atoms with Crippen molar-refractivity contribution in [3.05, 3.63) is 18.3 Å². The maximum atomic E-state index is 10.9. The fraction of sp³-hybridized carbons (Fsp3) is 0.462. The lowest BCUT2D eigenvalue weighted by atomic mass is 9.95. The molecule has 2 aromatic heterocycles. The van der Waals surface area contributed by atoms with Crippen molar-refractivity contribution in [1.82, 2.24) is 14.5 Å². The lowest BCUT2D eigenvalue weighted by Crippen LogP contribution is -2.18. The van der Waals surface area contributed by atoms with Crippen molar-refractivity contribution in [3.63, 3.8) is 0 Å². The first-order valence-corrected chi connectivity index (χ1v) is 6.58. The van der Waals surface area contributed by atoms with Gasteiger partial charge in [-0.3, -0.25) is 9.88 Å². The maximum Gasteiger partial charge on any atom is 0.411 e. The minimum atomic E-state index is -1.09. The number of amides is 1. The molecule has 1 fully saturated rings. The van der Waals surface area contributed by atoms with Gasteiger partial charge in [0.15, 0.2) is 5.65 Å². The molecule has 2 heterocycles. The SMILES string of the molecule is O=C(O)Nc1nc2cccnc2n1C1CCCCC1. The molecular formula is C13H16N4O2. The van der Waals surface area contributed by atoms with Gasteiger partial charge in [0.25, 0.3) is 0 Å². The summed E-state index contributed by atoms with van der Waals surface area (Å²) in [5.74, 6) is 0.383. The minimum Gasteiger partial charge on any atom is -0.465 e. The summed E-state index contributed by atoms with van der Waals surface area (Å²) in [5.41, 5.74) is 1.50. The van der Waals surface area contributed by atoms with Crippen LogP contribution in [0.3, 0.4) is 0 Å². The third-order valence-corrected chi connectivity index (χ3v) is 3.61. The first kappa shape index (κ1) is 12.0. The highest BCUT2D eigenvalue weighted by Gasteiger charge is 2.22. The van der Waals surface area contributed by atoms with Gasteiger partial charge in [-0.15, -0.1) is 0 Å². The average Bonchev–Trinajstić information content (AvgIpc) is 2.76. The Morgan fingerprint density at radius 2 is 2.16 bits per heavy atom. The molecule has 0 bridgehead atoms. The van der Waals surface area contributed by atoms with E-state index in [-0.39, 0.29) is 6.04 Å². The largest absolute Gasteiger partial charge is 0.465 e. The second kappa shape index (κ2) is 4.87. The number of nitrogens with one attached hydrogen (secondary N) is 1. The molecule has 2 aromatic rings. The van der Waals surface area contributed by atoms with E-state index in [1.807, 2.05) is 16.7 Å². The van der Waals surface area contributed by atoms with Gasteiger partial charge in [0.1, 0.15) is 5.52 Å². The van der Waals surface area contributed by atoms with E-state index in [9.17, 15) is 4.79 Å². The molecule has 19 heavy (non-hydrogen) atoms. The summed E-state index contributed by atoms with van der Waals surface area (Å²) in [4.78, 5) is 19.6. The van der Waals surface area contributed by atoms with E-state index >= 15 is 0 Å². The first-order valence-electron chi connectivity index (χ1n) is 6.58. The molecule has 6 heteroatoms. The van der Waals surface area contributed by atoms with Crippen LogP contribution in [0.15, 0.2) is 18.3 Å². The Labute approximate surface area is 110 Å². The standard InChI is InChI=1S/C13H16N4O2/c18-13(19)16-12-15-10-7-4-8-14-11(10)17(12)9-5-2-1-3-6-9/h4,7-9H,1-3,5-6H2,(H,15,16)(H,18,19). The number of nitrogens with zero attached hydrogens (tertiary/aromatic N) is 3. The Balaban J connectivity index is 2.09. The Morgan fingerprint density at radius 1 is 1.37 bits per heavy atom. The summed E-state index contributed by atoms with van der Waals surface area (Å²) < 4.78 is 1.95. The summed E-state index contributed by atoms with van der Waals surface area (Å²) in [6.07, 6.45) is 6.32. The number of aromatic nitrogens is 3. The number of carbonyl (C=O) groups is 1. The van der Waals surface area contributed by atoms with Gasteiger partial charge >= 0.3 is 6.09 Å². The summed E-state index contributed by atoms with van der Waals surface area (Å²) in [6, 6.07) is 3.95. The van der Waals surface area contributed by atoms with Crippen molar-refractivity contribution >= 4 is 23.2 Å². The molecule has 0 aromatic carbocycles. The van der Waals surface area contributed by atoms with E-state index in [1.165, 1.54) is 19.3 Å². The number of fused-ring (bicyclic) bond motifs is 1. The normalized spacial score (nSPS) is 16.6. The van der Waals surface area contributed by atoms with Crippen LogP contribution in [-0.4, -0.2) is 25.7 Å². The highest BCUT2D eigenvalue weighted by molar-refractivity contribution is 5.84. The van der Waals surface area contributed by atoms with Gasteiger partial charge in [-0.1, -0.05) is 19.3 Å². The highest BCUT2D eigenvalue weighted by Crippen LogP contribution is 2.33. The molecule has 1 saturated carbocycles. The van der Waals surface area contributed by atoms with Crippen molar-refractivity contribution in [3.8, 4) is 0 Å². The first-order chi connectivity index (χ1) is 9.25. The van der Waals surface area contributed by atoms with Crippen molar-refractivity contribution in [1.29, 1.82) is 0 Å². The zero-order valence-electron chi connectivity index (χ0n) is 10.5. The van der Waals surface area contributed by atoms with Crippen LogP contribution in [0.2, 0.25) is 0 Å². The Hall–Kier alpha value is -2.11. The zero-order valence-corrected chi connectivity index (χ0v) is 10.5. The number of imidazole rings is 1. The van der Waals surface area contributed by atoms with E-state index in [4.69, 9.17) is 5.11 Å². The smallest absolute Gasteiger partial charge is 0.411 e. The summed E-state index contributed by atoms with van der Waals surface area (Å²) in [7, 11) is 0. The summed E-state index contributed by atoms with van der Waals surface area (Å²) >= 11 is 0. The second-order valence-electron chi connectivity index (χ2n) is 4.87. The third kappa shape index (κ3) is 2.25. The number of carboxylic acid groups (broad SMARTS) is 1. The Bertz CT molecular complexity index is 602. The molecule has 0 radical (unpaired) electrons. The van der Waals surface area contributed by atoms with Crippen LogP contribution in [0, 0.1) is 0 Å². The summed E-state index contributed by atoms with van der Waals surface area (Å²) in [5, 5.41) is 11.3. The van der Waals surface area contributed by atoms with E-state index in [0.717, 1.165) is 24.0 Å². The molecule has 1 amide bonds. The van der Waals surface area contributed by atoms with E-state index < -0.39 is 6.09 Å². The molecule has 6 nitrogen and oxygen atoms in total. The Morgan fingerprint density at radius 3 is 2.89 bits per heavy atom. The van der Waals surface area contributed by atoms with Gasteiger partial charge in [0.05, 0.1) is 0 Å². The summed E-state index contributed by atoms with van der Waals surface area (Å²) in [6.45, 7) is 0. The molecule has 0 saturated heterocycles. The van der Waals surface area contributed by atoms with Gasteiger partial charge in [-0.05, 0) is 25.0 Å². The monoisotopic (exact) mass is 260 g/mol. The molecular weight excluding hydrogens is 244 g/mol. The quantitative estimate of drug-likeness (QED) is 0.869. The van der Waals surface area contributed by atoms with Crippen LogP contribution in [0.25, 0.3) is 11.2 Å². The number of rotatable bonds is 2. The Kier molecular flexibility index (Phi) is 3.06. The molecule has 0 aliphatic heterocycles. The average molecular weight is 260 g/mol. The van der Waals surface area contributed by atoms with E-state index in [1.54, 1.807) is 6.20 Å². The van der Waals surface area contributed by atoms with Crippen molar-refractivity contribution < 1.29 is 9.90 Å². The molecule has 1 aliphatic rings. The lowest BCUT2D eigenvalue weighted by Gasteiger charge is -2.24. The maximum absolute atomic E-state index is 10.9. The van der Waals surface area contributed by atoms with Gasteiger partial charge in [0.2, 0.25) is 5.95 Å². The number of hydrogen-bond donors (Lipinski definition) is 2. The van der Waals surface area contributed by atoms with Crippen LogP contribution >= 0.6 is 0 Å². The second-order valence-corrected chi connectivity index (χ2v) is 4.87. The highest BCUT2D eigenvalue weighted by atomic mass is 16.4. The predicted molar refractivity (Wildman–Crippen MR) is 71.3 cm³/mol. The molecule has 0 unspecified atom stereocenters. The molecule has 2 N–H and O–H groups in total. The topological polar surface area (TPSA) is 80.0 Å². The lowest BCUT2D eigenvalue weighted by molar-refractivity contribution is 0.209. The third-order valence-electron chi connectivity index (χ3n) is 3.61. The fourth-order valence-electron chi connectivity index (χ4n) is 2.80. The minimum absolute atomic E-state index is 0.287. The molecule has 1 aliphatic carbocycles. The number of anilines is 1. The van der Waals surface area contributed by atoms with Crippen LogP contribution in [0.4, 0.5) is 10.7 Å². The van der Waals surface area contributed by atoms with Crippen LogP contribution < -0.4 is 5.32 Å². The van der Waals surface area contributed by atoms with Crippen LogP contribution in [-0.2, 0) is 0 Å². The molecule has 3 rings (SSSR count). The van der Waals surface area contributed by atoms with Gasteiger partial charge < -0.3 is 5.11 Å². The van der Waals surface area contributed by atoms with Crippen LogP contribution in [0.5, 0.6) is 0 Å². The number of pyridine rings is 1. The fourth-order valence-corrected chi connectivity index (χ4v) is 2.80. The van der Waals surface area contributed by atoms with Gasteiger partial charge in [-0.25, -0.2) is 14.8 Å². The predicted octanol–water partition coefficient (Wildman–Crippen LogP) is 3.03. The zero-order chi connectivity index (χ0) is 13.2. The molecule has 0 spiro atoms. The van der Waals surface area contributed by atoms with Crippen molar-refractivity contribution in [2.45, 2.75) is 38.1 Å². The molecule has 100 valence electrons. The van der Waals surface area contributed by atoms with Crippen molar-refractivity contribution in [2.24, 2.45) is 0 Å². The van der Waals surface area contributed by atoms with Crippen molar-refractivity contribution in [2.75, 3.05) is 5.32 Å². The van der Waals surface area contributed by atoms with E-state index in [0.29, 0.717) is 5.95 Å².